The Labute approximate surface area is 138 Å². The van der Waals surface area contributed by atoms with Crippen molar-refractivity contribution >= 4 is 28.9 Å². The van der Waals surface area contributed by atoms with Gasteiger partial charge in [-0.1, -0.05) is 6.07 Å². The summed E-state index contributed by atoms with van der Waals surface area (Å²) in [4.78, 5) is 12.0. The van der Waals surface area contributed by atoms with E-state index in [4.69, 9.17) is 21.7 Å². The molecule has 0 spiro atoms. The van der Waals surface area contributed by atoms with E-state index in [0.29, 0.717) is 17.2 Å². The molecule has 2 aromatic carbocycles. The maximum absolute atomic E-state index is 13.1. The number of carbonyl (C=O) groups is 1. The van der Waals surface area contributed by atoms with E-state index in [0.717, 1.165) is 6.07 Å². The Morgan fingerprint density at radius 3 is 2.57 bits per heavy atom. The van der Waals surface area contributed by atoms with Gasteiger partial charge in [0.25, 0.3) is 5.91 Å². The zero-order valence-corrected chi connectivity index (χ0v) is 13.4. The highest BCUT2D eigenvalue weighted by Crippen LogP contribution is 2.28. The molecule has 0 unspecified atom stereocenters. The van der Waals surface area contributed by atoms with Crippen LogP contribution in [0, 0.1) is 5.82 Å². The summed E-state index contributed by atoms with van der Waals surface area (Å²) in [6.45, 7) is 0. The predicted molar refractivity (Wildman–Crippen MR) is 89.6 cm³/mol. The van der Waals surface area contributed by atoms with Gasteiger partial charge in [0.15, 0.2) is 5.11 Å². The molecule has 0 fully saturated rings. The lowest BCUT2D eigenvalue weighted by molar-refractivity contribution is 0.0977. The fraction of sp³-hybridized carbons (Fsp3) is 0.125. The van der Waals surface area contributed by atoms with E-state index in [-0.39, 0.29) is 10.7 Å². The quantitative estimate of drug-likeness (QED) is 0.842. The van der Waals surface area contributed by atoms with Crippen LogP contribution in [-0.4, -0.2) is 25.2 Å². The monoisotopic (exact) mass is 334 g/mol. The fourth-order valence-corrected chi connectivity index (χ4v) is 2.06. The number of amides is 1. The normalized spacial score (nSPS) is 9.87. The zero-order chi connectivity index (χ0) is 16.8. The second-order valence-corrected chi connectivity index (χ2v) is 4.89. The van der Waals surface area contributed by atoms with Crippen LogP contribution in [0.25, 0.3) is 0 Å². The topological polar surface area (TPSA) is 59.6 Å². The van der Waals surface area contributed by atoms with Crippen LogP contribution >= 0.6 is 12.2 Å². The molecule has 0 aliphatic heterocycles. The highest BCUT2D eigenvalue weighted by molar-refractivity contribution is 7.80. The third-order valence-electron chi connectivity index (χ3n) is 2.97. The number of halogens is 1. The van der Waals surface area contributed by atoms with Gasteiger partial charge in [-0.15, -0.1) is 0 Å². The molecule has 0 saturated carbocycles. The van der Waals surface area contributed by atoms with Crippen molar-refractivity contribution in [1.29, 1.82) is 0 Å². The Kier molecular flexibility index (Phi) is 5.48. The summed E-state index contributed by atoms with van der Waals surface area (Å²) in [5, 5.41) is 5.40. The van der Waals surface area contributed by atoms with Gasteiger partial charge in [-0.25, -0.2) is 4.39 Å². The molecule has 0 aliphatic carbocycles. The summed E-state index contributed by atoms with van der Waals surface area (Å²) in [6.07, 6.45) is 0. The maximum Gasteiger partial charge on any atom is 0.257 e. The average molecular weight is 334 g/mol. The fourth-order valence-electron chi connectivity index (χ4n) is 1.86. The van der Waals surface area contributed by atoms with Crippen LogP contribution in [0.2, 0.25) is 0 Å². The van der Waals surface area contributed by atoms with Gasteiger partial charge in [0.05, 0.1) is 19.9 Å². The Morgan fingerprint density at radius 1 is 1.13 bits per heavy atom. The standard InChI is InChI=1S/C16H15FN2O3S/c1-21-12-6-7-13(14(9-12)22-2)18-16(23)19-15(20)10-4-3-5-11(17)8-10/h3-9H,1-2H3,(H2,18,19,20,23). The molecular formula is C16H15FN2O3S. The molecule has 5 nitrogen and oxygen atoms in total. The summed E-state index contributed by atoms with van der Waals surface area (Å²) in [5.74, 6) is 0.136. The van der Waals surface area contributed by atoms with Crippen molar-refractivity contribution in [2.24, 2.45) is 0 Å². The molecule has 23 heavy (non-hydrogen) atoms. The van der Waals surface area contributed by atoms with Gasteiger partial charge >= 0.3 is 0 Å². The van der Waals surface area contributed by atoms with Crippen LogP contribution in [0.1, 0.15) is 10.4 Å². The molecule has 0 aromatic heterocycles. The molecule has 2 rings (SSSR count). The van der Waals surface area contributed by atoms with Gasteiger partial charge in [-0.2, -0.15) is 0 Å². The lowest BCUT2D eigenvalue weighted by atomic mass is 10.2. The average Bonchev–Trinajstić information content (AvgIpc) is 2.55. The summed E-state index contributed by atoms with van der Waals surface area (Å²) in [6, 6.07) is 10.4. The number of anilines is 1. The molecule has 1 amide bonds. The van der Waals surface area contributed by atoms with Gasteiger partial charge in [0.1, 0.15) is 17.3 Å². The number of benzene rings is 2. The Balaban J connectivity index is 2.06. The van der Waals surface area contributed by atoms with E-state index in [1.807, 2.05) is 0 Å². The molecule has 0 atom stereocenters. The van der Waals surface area contributed by atoms with Crippen molar-refractivity contribution in [3.05, 3.63) is 53.8 Å². The molecule has 0 saturated heterocycles. The summed E-state index contributed by atoms with van der Waals surface area (Å²) in [7, 11) is 3.06. The number of carbonyl (C=O) groups excluding carboxylic acids is 1. The minimum Gasteiger partial charge on any atom is -0.497 e. The Bertz CT molecular complexity index is 737. The summed E-state index contributed by atoms with van der Waals surface area (Å²) in [5.41, 5.74) is 0.744. The third-order valence-corrected chi connectivity index (χ3v) is 3.17. The molecule has 120 valence electrons. The minimum atomic E-state index is -0.505. The molecule has 2 N–H and O–H groups in total. The van der Waals surface area contributed by atoms with E-state index < -0.39 is 11.7 Å². The molecule has 2 aromatic rings. The SMILES string of the molecule is COc1ccc(NC(=S)NC(=O)c2cccc(F)c2)c(OC)c1. The van der Waals surface area contributed by atoms with Crippen molar-refractivity contribution in [2.75, 3.05) is 19.5 Å². The van der Waals surface area contributed by atoms with E-state index in [2.05, 4.69) is 10.6 Å². The smallest absolute Gasteiger partial charge is 0.257 e. The predicted octanol–water partition coefficient (Wildman–Crippen LogP) is 2.97. The Hall–Kier alpha value is -2.67. The van der Waals surface area contributed by atoms with Crippen molar-refractivity contribution < 1.29 is 18.7 Å². The second-order valence-electron chi connectivity index (χ2n) is 4.48. The number of nitrogens with one attached hydrogen (secondary N) is 2. The highest BCUT2D eigenvalue weighted by Gasteiger charge is 2.11. The number of rotatable bonds is 4. The number of hydrogen-bond acceptors (Lipinski definition) is 4. The van der Waals surface area contributed by atoms with Crippen LogP contribution in [-0.2, 0) is 0 Å². The highest BCUT2D eigenvalue weighted by atomic mass is 32.1. The summed E-state index contributed by atoms with van der Waals surface area (Å²) < 4.78 is 23.5. The van der Waals surface area contributed by atoms with Crippen LogP contribution in [0.4, 0.5) is 10.1 Å². The van der Waals surface area contributed by atoms with Gasteiger partial charge in [0, 0.05) is 11.6 Å². The molecule has 7 heteroatoms. The van der Waals surface area contributed by atoms with E-state index in [1.54, 1.807) is 25.3 Å². The van der Waals surface area contributed by atoms with Crippen LogP contribution < -0.4 is 20.1 Å². The lowest BCUT2D eigenvalue weighted by Crippen LogP contribution is -2.34. The number of hydrogen-bond donors (Lipinski definition) is 2. The minimum absolute atomic E-state index is 0.0720. The number of thiocarbonyl (C=S) groups is 1. The van der Waals surface area contributed by atoms with Gasteiger partial charge in [-0.05, 0) is 42.5 Å². The maximum atomic E-state index is 13.1. The first-order valence-corrected chi connectivity index (χ1v) is 7.04. The van der Waals surface area contributed by atoms with Crippen LogP contribution in [0.15, 0.2) is 42.5 Å². The van der Waals surface area contributed by atoms with Crippen LogP contribution in [0.5, 0.6) is 11.5 Å². The van der Waals surface area contributed by atoms with Crippen molar-refractivity contribution in [3.63, 3.8) is 0 Å². The molecular weight excluding hydrogens is 319 g/mol. The lowest BCUT2D eigenvalue weighted by Gasteiger charge is -2.13. The van der Waals surface area contributed by atoms with Crippen molar-refractivity contribution in [1.82, 2.24) is 5.32 Å². The number of methoxy groups -OCH3 is 2. The third kappa shape index (κ3) is 4.40. The number of ether oxygens (including phenoxy) is 2. The van der Waals surface area contributed by atoms with Crippen molar-refractivity contribution in [2.45, 2.75) is 0 Å². The zero-order valence-electron chi connectivity index (χ0n) is 12.6. The largest absolute Gasteiger partial charge is 0.497 e. The van der Waals surface area contributed by atoms with Crippen LogP contribution in [0.3, 0.4) is 0 Å². The van der Waals surface area contributed by atoms with E-state index >= 15 is 0 Å². The van der Waals surface area contributed by atoms with E-state index in [9.17, 15) is 9.18 Å². The van der Waals surface area contributed by atoms with E-state index in [1.165, 1.54) is 25.3 Å². The summed E-state index contributed by atoms with van der Waals surface area (Å²) >= 11 is 5.09. The molecule has 0 radical (unpaired) electrons. The Morgan fingerprint density at radius 2 is 1.91 bits per heavy atom. The van der Waals surface area contributed by atoms with Gasteiger partial charge in [-0.3, -0.25) is 10.1 Å². The van der Waals surface area contributed by atoms with Gasteiger partial charge in [0.2, 0.25) is 0 Å². The van der Waals surface area contributed by atoms with Gasteiger partial charge < -0.3 is 14.8 Å². The molecule has 0 heterocycles. The molecule has 0 aliphatic rings. The molecule has 0 bridgehead atoms. The van der Waals surface area contributed by atoms with Crippen molar-refractivity contribution in [3.8, 4) is 11.5 Å². The first-order chi connectivity index (χ1) is 11.0. The first-order valence-electron chi connectivity index (χ1n) is 6.63. The second kappa shape index (κ2) is 7.55. The first kappa shape index (κ1) is 16.7.